The number of hydrogen-bond acceptors (Lipinski definition) is 3. The summed E-state index contributed by atoms with van der Waals surface area (Å²) in [6.07, 6.45) is -2.30. The molecular formula is C15H21F3N2O. The Balaban J connectivity index is 1.81. The van der Waals surface area contributed by atoms with E-state index in [-0.39, 0.29) is 5.75 Å². The molecule has 118 valence electrons. The van der Waals surface area contributed by atoms with Gasteiger partial charge in [0.25, 0.3) is 0 Å². The summed E-state index contributed by atoms with van der Waals surface area (Å²) in [6, 6.07) is 6.13. The van der Waals surface area contributed by atoms with E-state index in [1.165, 1.54) is 12.1 Å². The Kier molecular flexibility index (Phi) is 5.47. The van der Waals surface area contributed by atoms with E-state index in [1.54, 1.807) is 12.1 Å². The van der Waals surface area contributed by atoms with Crippen molar-refractivity contribution >= 4 is 0 Å². The molecule has 0 radical (unpaired) electrons. The third-order valence-corrected chi connectivity index (χ3v) is 3.76. The van der Waals surface area contributed by atoms with E-state index < -0.39 is 6.36 Å². The third kappa shape index (κ3) is 5.55. The lowest BCUT2D eigenvalue weighted by atomic mass is 9.96. The normalized spacial score (nSPS) is 17.9. The van der Waals surface area contributed by atoms with Gasteiger partial charge in [0.2, 0.25) is 0 Å². The zero-order chi connectivity index (χ0) is 15.3. The molecule has 0 amide bonds. The Morgan fingerprint density at radius 3 is 2.33 bits per heavy atom. The molecule has 1 aliphatic rings. The molecule has 6 heteroatoms. The molecule has 0 atom stereocenters. The van der Waals surface area contributed by atoms with Crippen LogP contribution in [0.15, 0.2) is 24.3 Å². The zero-order valence-electron chi connectivity index (χ0n) is 12.1. The highest BCUT2D eigenvalue weighted by Crippen LogP contribution is 2.24. The first-order valence-electron chi connectivity index (χ1n) is 7.18. The second-order valence-electron chi connectivity index (χ2n) is 5.47. The van der Waals surface area contributed by atoms with Gasteiger partial charge in [-0.1, -0.05) is 12.1 Å². The van der Waals surface area contributed by atoms with Crippen LogP contribution in [0.3, 0.4) is 0 Å². The number of piperidine rings is 1. The topological polar surface area (TPSA) is 24.5 Å². The Morgan fingerprint density at radius 2 is 1.81 bits per heavy atom. The van der Waals surface area contributed by atoms with Crippen molar-refractivity contribution in [3.8, 4) is 5.75 Å². The number of alkyl halides is 3. The monoisotopic (exact) mass is 302 g/mol. The molecule has 1 saturated heterocycles. The summed E-state index contributed by atoms with van der Waals surface area (Å²) < 4.78 is 40.1. The van der Waals surface area contributed by atoms with Crippen molar-refractivity contribution < 1.29 is 17.9 Å². The average molecular weight is 302 g/mol. The highest BCUT2D eigenvalue weighted by atomic mass is 19.4. The van der Waals surface area contributed by atoms with Crippen molar-refractivity contribution in [3.63, 3.8) is 0 Å². The number of nitrogens with one attached hydrogen (secondary N) is 1. The summed E-state index contributed by atoms with van der Waals surface area (Å²) in [7, 11) is 1.97. The molecule has 1 aliphatic heterocycles. The van der Waals surface area contributed by atoms with Crippen LogP contribution in [0.4, 0.5) is 13.2 Å². The predicted molar refractivity (Wildman–Crippen MR) is 75.1 cm³/mol. The minimum Gasteiger partial charge on any atom is -0.406 e. The van der Waals surface area contributed by atoms with Gasteiger partial charge in [0, 0.05) is 6.54 Å². The molecule has 0 spiro atoms. The van der Waals surface area contributed by atoms with E-state index in [9.17, 15) is 13.2 Å². The summed E-state index contributed by atoms with van der Waals surface area (Å²) in [5.41, 5.74) is 1.01. The maximum Gasteiger partial charge on any atom is 0.573 e. The fourth-order valence-electron chi connectivity index (χ4n) is 2.69. The van der Waals surface area contributed by atoms with E-state index in [0.717, 1.165) is 50.5 Å². The van der Waals surface area contributed by atoms with Gasteiger partial charge in [-0.05, 0) is 63.1 Å². The summed E-state index contributed by atoms with van der Waals surface area (Å²) >= 11 is 0. The Hall–Kier alpha value is -1.27. The number of likely N-dealkylation sites (tertiary alicyclic amines) is 1. The summed E-state index contributed by atoms with van der Waals surface area (Å²) in [6.45, 7) is 3.90. The molecule has 0 saturated carbocycles. The van der Waals surface area contributed by atoms with Crippen LogP contribution < -0.4 is 10.1 Å². The molecule has 0 bridgehead atoms. The Bertz CT molecular complexity index is 426. The Labute approximate surface area is 123 Å². The van der Waals surface area contributed by atoms with Crippen LogP contribution >= 0.6 is 0 Å². The maximum absolute atomic E-state index is 12.1. The largest absolute Gasteiger partial charge is 0.573 e. The van der Waals surface area contributed by atoms with Gasteiger partial charge in [-0.2, -0.15) is 0 Å². The number of ether oxygens (including phenoxy) is 1. The van der Waals surface area contributed by atoms with Crippen LogP contribution in [0, 0.1) is 5.92 Å². The van der Waals surface area contributed by atoms with Crippen LogP contribution in [-0.4, -0.2) is 37.9 Å². The molecular weight excluding hydrogens is 281 g/mol. The fourth-order valence-corrected chi connectivity index (χ4v) is 2.69. The number of hydrogen-bond donors (Lipinski definition) is 1. The molecule has 1 heterocycles. The van der Waals surface area contributed by atoms with Crippen molar-refractivity contribution in [1.82, 2.24) is 10.2 Å². The second kappa shape index (κ2) is 7.13. The van der Waals surface area contributed by atoms with Crippen molar-refractivity contribution in [3.05, 3.63) is 29.8 Å². The van der Waals surface area contributed by atoms with Gasteiger partial charge in [-0.15, -0.1) is 13.2 Å². The first kappa shape index (κ1) is 16.1. The predicted octanol–water partition coefficient (Wildman–Crippen LogP) is 3.02. The highest BCUT2D eigenvalue weighted by molar-refractivity contribution is 5.27. The van der Waals surface area contributed by atoms with Gasteiger partial charge in [0.05, 0.1) is 0 Å². The van der Waals surface area contributed by atoms with Crippen molar-refractivity contribution in [1.29, 1.82) is 0 Å². The van der Waals surface area contributed by atoms with E-state index in [2.05, 4.69) is 15.0 Å². The molecule has 21 heavy (non-hydrogen) atoms. The minimum atomic E-state index is -4.63. The fraction of sp³-hybridized carbons (Fsp3) is 0.600. The SMILES string of the molecule is CNCC1CCN(Cc2ccc(OC(F)(F)F)cc2)CC1. The lowest BCUT2D eigenvalue weighted by molar-refractivity contribution is -0.274. The lowest BCUT2D eigenvalue weighted by Crippen LogP contribution is -2.36. The van der Waals surface area contributed by atoms with Gasteiger partial charge in [0.15, 0.2) is 0 Å². The lowest BCUT2D eigenvalue weighted by Gasteiger charge is -2.31. The van der Waals surface area contributed by atoms with Crippen LogP contribution in [0.25, 0.3) is 0 Å². The second-order valence-corrected chi connectivity index (χ2v) is 5.47. The van der Waals surface area contributed by atoms with Crippen LogP contribution in [0.1, 0.15) is 18.4 Å². The van der Waals surface area contributed by atoms with Crippen molar-refractivity contribution in [2.45, 2.75) is 25.7 Å². The van der Waals surface area contributed by atoms with Crippen LogP contribution in [0.5, 0.6) is 5.75 Å². The van der Waals surface area contributed by atoms with Gasteiger partial charge in [-0.3, -0.25) is 4.90 Å². The summed E-state index contributed by atoms with van der Waals surface area (Å²) in [5, 5.41) is 3.20. The molecule has 1 aromatic carbocycles. The third-order valence-electron chi connectivity index (χ3n) is 3.76. The van der Waals surface area contributed by atoms with E-state index in [4.69, 9.17) is 0 Å². The standard InChI is InChI=1S/C15H21F3N2O/c1-19-10-12-6-8-20(9-7-12)11-13-2-4-14(5-3-13)21-15(16,17)18/h2-5,12,19H,6-11H2,1H3. The molecule has 1 N–H and O–H groups in total. The number of benzene rings is 1. The smallest absolute Gasteiger partial charge is 0.406 e. The Morgan fingerprint density at radius 1 is 1.19 bits per heavy atom. The number of nitrogens with zero attached hydrogens (tertiary/aromatic N) is 1. The van der Waals surface area contributed by atoms with Gasteiger partial charge in [-0.25, -0.2) is 0 Å². The zero-order valence-corrected chi connectivity index (χ0v) is 12.1. The average Bonchev–Trinajstić information content (AvgIpc) is 2.42. The van der Waals surface area contributed by atoms with Gasteiger partial charge >= 0.3 is 6.36 Å². The summed E-state index contributed by atoms with van der Waals surface area (Å²) in [5.74, 6) is 0.563. The van der Waals surface area contributed by atoms with Gasteiger partial charge in [0.1, 0.15) is 5.75 Å². The number of rotatable bonds is 5. The molecule has 0 unspecified atom stereocenters. The highest BCUT2D eigenvalue weighted by Gasteiger charge is 2.31. The van der Waals surface area contributed by atoms with Crippen molar-refractivity contribution in [2.24, 2.45) is 5.92 Å². The number of halogens is 3. The maximum atomic E-state index is 12.1. The summed E-state index contributed by atoms with van der Waals surface area (Å²) in [4.78, 5) is 2.34. The molecule has 0 aliphatic carbocycles. The van der Waals surface area contributed by atoms with E-state index in [1.807, 2.05) is 7.05 Å². The first-order valence-corrected chi connectivity index (χ1v) is 7.18. The van der Waals surface area contributed by atoms with Gasteiger partial charge < -0.3 is 10.1 Å². The molecule has 3 nitrogen and oxygen atoms in total. The quantitative estimate of drug-likeness (QED) is 0.905. The van der Waals surface area contributed by atoms with Crippen molar-refractivity contribution in [2.75, 3.05) is 26.7 Å². The molecule has 2 rings (SSSR count). The van der Waals surface area contributed by atoms with Crippen LogP contribution in [-0.2, 0) is 6.54 Å². The molecule has 1 fully saturated rings. The molecule has 1 aromatic rings. The van der Waals surface area contributed by atoms with E-state index in [0.29, 0.717) is 0 Å². The first-order chi connectivity index (χ1) is 9.96. The molecule has 0 aromatic heterocycles. The van der Waals surface area contributed by atoms with Crippen LogP contribution in [0.2, 0.25) is 0 Å². The van der Waals surface area contributed by atoms with E-state index >= 15 is 0 Å². The minimum absolute atomic E-state index is 0.168.